The summed E-state index contributed by atoms with van der Waals surface area (Å²) in [7, 11) is -2.30. The molecular weight excluding hydrogens is 447 g/mol. The number of nitrogens with zero attached hydrogens (tertiary/aromatic N) is 3. The summed E-state index contributed by atoms with van der Waals surface area (Å²) in [5, 5.41) is 2.99. The Balaban J connectivity index is 1.62. The number of anilines is 1. The molecule has 1 aliphatic rings. The lowest BCUT2D eigenvalue weighted by atomic mass is 10.2. The molecule has 0 atom stereocenters. The van der Waals surface area contributed by atoms with Crippen molar-refractivity contribution >= 4 is 32.7 Å². The quantitative estimate of drug-likeness (QED) is 0.524. The molecule has 1 N–H and O–H groups in total. The number of methoxy groups -OCH3 is 1. The predicted molar refractivity (Wildman–Crippen MR) is 123 cm³/mol. The number of sulfonamides is 1. The van der Waals surface area contributed by atoms with Gasteiger partial charge >= 0.3 is 5.97 Å². The fraction of sp³-hybridized carbons (Fsp3) is 0.391. The van der Waals surface area contributed by atoms with E-state index in [1.807, 2.05) is 11.5 Å². The number of carbonyl (C=O) groups excluding carboxylic acids is 1. The standard InChI is InChI=1S/C23H27FN4O4S/c1-3-28-21-10-8-17(33(30,31)27-11-5-4-6-12-27)14-20(21)26-22(28)15-25-19-13-16(23(29)32-2)7-9-18(19)24/h7-10,13-14,25H,3-6,11-12,15H2,1-2H3. The van der Waals surface area contributed by atoms with Gasteiger partial charge in [0.2, 0.25) is 10.0 Å². The number of imidazole rings is 1. The Hall–Kier alpha value is -2.98. The molecule has 33 heavy (non-hydrogen) atoms. The molecule has 3 aromatic rings. The van der Waals surface area contributed by atoms with Crippen LogP contribution in [0.5, 0.6) is 0 Å². The van der Waals surface area contributed by atoms with E-state index in [-0.39, 0.29) is 22.7 Å². The van der Waals surface area contributed by atoms with Gasteiger partial charge in [0, 0.05) is 19.6 Å². The van der Waals surface area contributed by atoms with Crippen molar-refractivity contribution in [1.29, 1.82) is 0 Å². The number of aromatic nitrogens is 2. The molecule has 1 aromatic heterocycles. The molecule has 0 bridgehead atoms. The van der Waals surface area contributed by atoms with E-state index in [1.165, 1.54) is 29.6 Å². The van der Waals surface area contributed by atoms with Crippen molar-refractivity contribution in [3.05, 3.63) is 53.6 Å². The fourth-order valence-corrected chi connectivity index (χ4v) is 5.68. The molecule has 0 radical (unpaired) electrons. The van der Waals surface area contributed by atoms with Crippen LogP contribution in [0.25, 0.3) is 11.0 Å². The zero-order valence-electron chi connectivity index (χ0n) is 18.7. The van der Waals surface area contributed by atoms with Crippen LogP contribution in [0.15, 0.2) is 41.3 Å². The summed E-state index contributed by atoms with van der Waals surface area (Å²) in [6, 6.07) is 8.95. The Morgan fingerprint density at radius 1 is 1.15 bits per heavy atom. The maximum atomic E-state index is 14.3. The van der Waals surface area contributed by atoms with E-state index in [2.05, 4.69) is 10.3 Å². The summed E-state index contributed by atoms with van der Waals surface area (Å²) in [4.78, 5) is 16.6. The molecule has 8 nitrogen and oxygen atoms in total. The average molecular weight is 475 g/mol. The SMILES string of the molecule is CCn1c(CNc2cc(C(=O)OC)ccc2F)nc2cc(S(=O)(=O)N3CCCCC3)ccc21. The van der Waals surface area contributed by atoms with Crippen LogP contribution in [-0.2, 0) is 27.8 Å². The molecule has 1 saturated heterocycles. The Kier molecular flexibility index (Phi) is 6.66. The van der Waals surface area contributed by atoms with E-state index in [4.69, 9.17) is 4.74 Å². The highest BCUT2D eigenvalue weighted by molar-refractivity contribution is 7.89. The molecule has 0 saturated carbocycles. The van der Waals surface area contributed by atoms with Gasteiger partial charge in [0.1, 0.15) is 11.6 Å². The third kappa shape index (κ3) is 4.58. The number of benzene rings is 2. The minimum Gasteiger partial charge on any atom is -0.465 e. The van der Waals surface area contributed by atoms with Crippen LogP contribution in [-0.4, -0.2) is 48.4 Å². The first-order valence-electron chi connectivity index (χ1n) is 11.0. The minimum absolute atomic E-state index is 0.154. The Morgan fingerprint density at radius 3 is 2.61 bits per heavy atom. The zero-order chi connectivity index (χ0) is 23.6. The highest BCUT2D eigenvalue weighted by Crippen LogP contribution is 2.26. The van der Waals surface area contributed by atoms with E-state index in [0.29, 0.717) is 31.0 Å². The number of aryl methyl sites for hydroxylation is 1. The third-order valence-electron chi connectivity index (χ3n) is 5.89. The van der Waals surface area contributed by atoms with Gasteiger partial charge in [-0.1, -0.05) is 6.42 Å². The van der Waals surface area contributed by atoms with Crippen molar-refractivity contribution in [2.75, 3.05) is 25.5 Å². The Morgan fingerprint density at radius 2 is 1.91 bits per heavy atom. The van der Waals surface area contributed by atoms with Crippen LogP contribution in [0.1, 0.15) is 42.4 Å². The third-order valence-corrected chi connectivity index (χ3v) is 7.79. The predicted octanol–water partition coefficient (Wildman–Crippen LogP) is 3.77. The van der Waals surface area contributed by atoms with Crippen molar-refractivity contribution in [2.24, 2.45) is 0 Å². The smallest absolute Gasteiger partial charge is 0.337 e. The van der Waals surface area contributed by atoms with Crippen LogP contribution < -0.4 is 5.32 Å². The maximum Gasteiger partial charge on any atom is 0.337 e. The molecule has 0 amide bonds. The van der Waals surface area contributed by atoms with E-state index < -0.39 is 21.8 Å². The highest BCUT2D eigenvalue weighted by Gasteiger charge is 2.26. The molecule has 176 valence electrons. The molecule has 2 heterocycles. The second-order valence-corrected chi connectivity index (χ2v) is 9.87. The first kappa shape index (κ1) is 23.2. The van der Waals surface area contributed by atoms with Gasteiger partial charge in [-0.05, 0) is 56.2 Å². The number of esters is 1. The summed E-state index contributed by atoms with van der Waals surface area (Å²) in [6.07, 6.45) is 2.79. The summed E-state index contributed by atoms with van der Waals surface area (Å²) < 4.78 is 48.6. The summed E-state index contributed by atoms with van der Waals surface area (Å²) in [5.41, 5.74) is 1.75. The molecule has 0 unspecified atom stereocenters. The fourth-order valence-electron chi connectivity index (χ4n) is 4.14. The van der Waals surface area contributed by atoms with Crippen LogP contribution in [0, 0.1) is 5.82 Å². The van der Waals surface area contributed by atoms with Gasteiger partial charge in [0.15, 0.2) is 0 Å². The van der Waals surface area contributed by atoms with Crippen LogP contribution in [0.3, 0.4) is 0 Å². The molecule has 1 fully saturated rings. The van der Waals surface area contributed by atoms with Gasteiger partial charge < -0.3 is 14.6 Å². The van der Waals surface area contributed by atoms with Crippen molar-refractivity contribution in [3.8, 4) is 0 Å². The Bertz CT molecular complexity index is 1280. The number of fused-ring (bicyclic) bond motifs is 1. The molecule has 4 rings (SSSR count). The first-order chi connectivity index (χ1) is 15.8. The van der Waals surface area contributed by atoms with Gasteiger partial charge in [0.05, 0.1) is 40.8 Å². The number of hydrogen-bond donors (Lipinski definition) is 1. The maximum absolute atomic E-state index is 14.3. The first-order valence-corrected chi connectivity index (χ1v) is 12.4. The van der Waals surface area contributed by atoms with Crippen molar-refractivity contribution in [1.82, 2.24) is 13.9 Å². The summed E-state index contributed by atoms with van der Waals surface area (Å²) in [6.45, 7) is 3.83. The number of carbonyl (C=O) groups is 1. The van der Waals surface area contributed by atoms with E-state index >= 15 is 0 Å². The number of rotatable bonds is 7. The molecule has 0 spiro atoms. The number of hydrogen-bond acceptors (Lipinski definition) is 6. The van der Waals surface area contributed by atoms with Crippen molar-refractivity contribution in [3.63, 3.8) is 0 Å². The van der Waals surface area contributed by atoms with E-state index in [1.54, 1.807) is 18.2 Å². The second-order valence-electron chi connectivity index (χ2n) is 7.93. The average Bonchev–Trinajstić information content (AvgIpc) is 3.20. The van der Waals surface area contributed by atoms with E-state index in [0.717, 1.165) is 24.8 Å². The lowest BCUT2D eigenvalue weighted by Gasteiger charge is -2.25. The van der Waals surface area contributed by atoms with Crippen LogP contribution >= 0.6 is 0 Å². The van der Waals surface area contributed by atoms with Gasteiger partial charge in [-0.2, -0.15) is 4.31 Å². The van der Waals surface area contributed by atoms with Crippen LogP contribution in [0.2, 0.25) is 0 Å². The largest absolute Gasteiger partial charge is 0.465 e. The number of nitrogens with one attached hydrogen (secondary N) is 1. The van der Waals surface area contributed by atoms with Gasteiger partial charge in [-0.25, -0.2) is 22.6 Å². The zero-order valence-corrected chi connectivity index (χ0v) is 19.5. The minimum atomic E-state index is -3.57. The van der Waals surface area contributed by atoms with Crippen LogP contribution in [0.4, 0.5) is 10.1 Å². The van der Waals surface area contributed by atoms with Crippen molar-refractivity contribution < 1.29 is 22.3 Å². The molecular formula is C23H27FN4O4S. The van der Waals surface area contributed by atoms with E-state index in [9.17, 15) is 17.6 Å². The summed E-state index contributed by atoms with van der Waals surface area (Å²) >= 11 is 0. The molecule has 10 heteroatoms. The lowest BCUT2D eigenvalue weighted by Crippen LogP contribution is -2.35. The molecule has 1 aliphatic heterocycles. The second kappa shape index (κ2) is 9.48. The molecule has 0 aliphatic carbocycles. The number of ether oxygens (including phenoxy) is 1. The lowest BCUT2D eigenvalue weighted by molar-refractivity contribution is 0.0600. The highest BCUT2D eigenvalue weighted by atomic mass is 32.2. The Labute approximate surface area is 192 Å². The monoisotopic (exact) mass is 474 g/mol. The number of piperidine rings is 1. The van der Waals surface area contributed by atoms with Gasteiger partial charge in [0.25, 0.3) is 0 Å². The number of halogens is 1. The topological polar surface area (TPSA) is 93.5 Å². The summed E-state index contributed by atoms with van der Waals surface area (Å²) in [5.74, 6) is -0.430. The van der Waals surface area contributed by atoms with Gasteiger partial charge in [-0.3, -0.25) is 0 Å². The molecule has 2 aromatic carbocycles. The van der Waals surface area contributed by atoms with Crippen molar-refractivity contribution in [2.45, 2.75) is 44.2 Å². The van der Waals surface area contributed by atoms with Gasteiger partial charge in [-0.15, -0.1) is 0 Å². The normalized spacial score (nSPS) is 15.0.